The molecule has 0 atom stereocenters. The molecule has 3 nitrogen and oxygen atoms in total. The molecule has 0 aliphatic heterocycles. The van der Waals surface area contributed by atoms with Crippen LogP contribution in [0.15, 0.2) is 59.4 Å². The van der Waals surface area contributed by atoms with Crippen molar-refractivity contribution in [3.63, 3.8) is 0 Å². The Morgan fingerprint density at radius 1 is 0.882 bits per heavy atom. The van der Waals surface area contributed by atoms with E-state index in [1.165, 1.54) is 6.07 Å². The van der Waals surface area contributed by atoms with Gasteiger partial charge in [-0.2, -0.15) is 5.10 Å². The van der Waals surface area contributed by atoms with Gasteiger partial charge >= 0.3 is 0 Å². The molecule has 0 radical (unpaired) electrons. The Kier molecular flexibility index (Phi) is 2.22. The van der Waals surface area contributed by atoms with Crippen molar-refractivity contribution >= 4 is 10.8 Å². The topological polar surface area (TPSA) is 45.8 Å². The Morgan fingerprint density at radius 3 is 2.53 bits per heavy atom. The van der Waals surface area contributed by atoms with E-state index in [2.05, 4.69) is 28.4 Å². The molecular formula is C14H10N2O. The molecule has 0 aliphatic rings. The average Bonchev–Trinajstić information content (AvgIpc) is 2.39. The molecular weight excluding hydrogens is 212 g/mol. The van der Waals surface area contributed by atoms with E-state index < -0.39 is 0 Å². The van der Waals surface area contributed by atoms with Gasteiger partial charge in [-0.25, -0.2) is 5.10 Å². The second kappa shape index (κ2) is 3.87. The Bertz CT molecular complexity index is 706. The summed E-state index contributed by atoms with van der Waals surface area (Å²) in [7, 11) is 0. The first-order chi connectivity index (χ1) is 8.34. The molecule has 0 unspecified atom stereocenters. The van der Waals surface area contributed by atoms with Crippen LogP contribution in [0.25, 0.3) is 22.0 Å². The van der Waals surface area contributed by atoms with E-state index in [4.69, 9.17) is 0 Å². The molecule has 0 saturated heterocycles. The molecule has 3 heteroatoms. The second-order valence-corrected chi connectivity index (χ2v) is 3.83. The van der Waals surface area contributed by atoms with Gasteiger partial charge in [0.2, 0.25) is 0 Å². The number of fused-ring (bicyclic) bond motifs is 1. The lowest BCUT2D eigenvalue weighted by Crippen LogP contribution is -2.05. The number of nitrogens with zero attached hydrogens (tertiary/aromatic N) is 1. The van der Waals surface area contributed by atoms with Gasteiger partial charge in [-0.15, -0.1) is 0 Å². The van der Waals surface area contributed by atoms with Crippen molar-refractivity contribution in [2.45, 2.75) is 0 Å². The number of nitrogens with one attached hydrogen (secondary N) is 1. The zero-order valence-corrected chi connectivity index (χ0v) is 9.05. The number of hydrogen-bond donors (Lipinski definition) is 1. The molecule has 0 bridgehead atoms. The molecule has 82 valence electrons. The number of rotatable bonds is 1. The maximum absolute atomic E-state index is 11.0. The van der Waals surface area contributed by atoms with Crippen molar-refractivity contribution < 1.29 is 0 Å². The SMILES string of the molecule is O=c1ccc(-c2cccc3ccccc23)n[nH]1. The van der Waals surface area contributed by atoms with E-state index in [9.17, 15) is 4.79 Å². The van der Waals surface area contributed by atoms with Crippen LogP contribution in [0.3, 0.4) is 0 Å². The molecule has 0 saturated carbocycles. The van der Waals surface area contributed by atoms with Gasteiger partial charge in [0.05, 0.1) is 5.69 Å². The Labute approximate surface area is 97.7 Å². The van der Waals surface area contributed by atoms with Crippen LogP contribution in [0.4, 0.5) is 0 Å². The highest BCUT2D eigenvalue weighted by atomic mass is 16.1. The summed E-state index contributed by atoms with van der Waals surface area (Å²) in [6, 6.07) is 17.4. The minimum atomic E-state index is -0.186. The van der Waals surface area contributed by atoms with Gasteiger partial charge in [-0.3, -0.25) is 4.79 Å². The van der Waals surface area contributed by atoms with Gasteiger partial charge in [0, 0.05) is 11.6 Å². The minimum Gasteiger partial charge on any atom is -0.268 e. The first kappa shape index (κ1) is 9.78. The van der Waals surface area contributed by atoms with E-state index in [0.717, 1.165) is 22.0 Å². The van der Waals surface area contributed by atoms with E-state index >= 15 is 0 Å². The van der Waals surface area contributed by atoms with Gasteiger partial charge in [-0.05, 0) is 16.8 Å². The van der Waals surface area contributed by atoms with Gasteiger partial charge in [-0.1, -0.05) is 42.5 Å². The van der Waals surface area contributed by atoms with Crippen molar-refractivity contribution in [1.82, 2.24) is 10.2 Å². The summed E-state index contributed by atoms with van der Waals surface area (Å²) in [5, 5.41) is 8.82. The number of aromatic nitrogens is 2. The summed E-state index contributed by atoms with van der Waals surface area (Å²) in [4.78, 5) is 11.0. The van der Waals surface area contributed by atoms with E-state index in [1.54, 1.807) is 6.07 Å². The zero-order chi connectivity index (χ0) is 11.7. The number of aromatic amines is 1. The third-order valence-corrected chi connectivity index (χ3v) is 2.74. The molecule has 17 heavy (non-hydrogen) atoms. The molecule has 1 aromatic heterocycles. The lowest BCUT2D eigenvalue weighted by molar-refractivity contribution is 0.996. The predicted molar refractivity (Wildman–Crippen MR) is 67.8 cm³/mol. The molecule has 3 aromatic rings. The fourth-order valence-corrected chi connectivity index (χ4v) is 1.94. The Hall–Kier alpha value is -2.42. The first-order valence-corrected chi connectivity index (χ1v) is 5.38. The van der Waals surface area contributed by atoms with Crippen LogP contribution in [-0.4, -0.2) is 10.2 Å². The lowest BCUT2D eigenvalue weighted by Gasteiger charge is -2.04. The second-order valence-electron chi connectivity index (χ2n) is 3.83. The van der Waals surface area contributed by atoms with Crippen molar-refractivity contribution in [2.24, 2.45) is 0 Å². The van der Waals surface area contributed by atoms with Gasteiger partial charge in [0.1, 0.15) is 0 Å². The van der Waals surface area contributed by atoms with Crippen molar-refractivity contribution in [1.29, 1.82) is 0 Å². The van der Waals surface area contributed by atoms with Crippen LogP contribution < -0.4 is 5.56 Å². The third kappa shape index (κ3) is 1.72. The quantitative estimate of drug-likeness (QED) is 0.687. The molecule has 0 aliphatic carbocycles. The number of benzene rings is 2. The van der Waals surface area contributed by atoms with Crippen molar-refractivity contribution in [3.8, 4) is 11.3 Å². The van der Waals surface area contributed by atoms with Crippen LogP contribution in [0, 0.1) is 0 Å². The molecule has 0 spiro atoms. The van der Waals surface area contributed by atoms with E-state index in [-0.39, 0.29) is 5.56 Å². The number of H-pyrrole nitrogens is 1. The molecule has 1 heterocycles. The average molecular weight is 222 g/mol. The Morgan fingerprint density at radius 2 is 1.71 bits per heavy atom. The summed E-state index contributed by atoms with van der Waals surface area (Å²) in [6.45, 7) is 0. The van der Waals surface area contributed by atoms with Crippen LogP contribution in [0.2, 0.25) is 0 Å². The zero-order valence-electron chi connectivity index (χ0n) is 9.05. The number of hydrogen-bond acceptors (Lipinski definition) is 2. The minimum absolute atomic E-state index is 0.186. The predicted octanol–water partition coefficient (Wildman–Crippen LogP) is 2.59. The van der Waals surface area contributed by atoms with Crippen LogP contribution >= 0.6 is 0 Å². The molecule has 0 amide bonds. The van der Waals surface area contributed by atoms with Gasteiger partial charge in [0.15, 0.2) is 0 Å². The molecule has 1 N–H and O–H groups in total. The van der Waals surface area contributed by atoms with E-state index in [1.807, 2.05) is 24.3 Å². The highest BCUT2D eigenvalue weighted by Crippen LogP contribution is 2.25. The first-order valence-electron chi connectivity index (χ1n) is 5.38. The van der Waals surface area contributed by atoms with Crippen molar-refractivity contribution in [3.05, 3.63) is 65.0 Å². The largest absolute Gasteiger partial charge is 0.268 e. The smallest absolute Gasteiger partial charge is 0.264 e. The monoisotopic (exact) mass is 222 g/mol. The molecule has 2 aromatic carbocycles. The van der Waals surface area contributed by atoms with Gasteiger partial charge in [0.25, 0.3) is 5.56 Å². The fraction of sp³-hybridized carbons (Fsp3) is 0. The van der Waals surface area contributed by atoms with Crippen LogP contribution in [0.5, 0.6) is 0 Å². The highest BCUT2D eigenvalue weighted by Gasteiger charge is 2.03. The van der Waals surface area contributed by atoms with Crippen molar-refractivity contribution in [2.75, 3.05) is 0 Å². The normalized spacial score (nSPS) is 10.6. The van der Waals surface area contributed by atoms with Crippen LogP contribution in [0.1, 0.15) is 0 Å². The van der Waals surface area contributed by atoms with Crippen LogP contribution in [-0.2, 0) is 0 Å². The molecule has 3 rings (SSSR count). The summed E-state index contributed by atoms with van der Waals surface area (Å²) < 4.78 is 0. The standard InChI is InChI=1S/C14H10N2O/c17-14-9-8-13(15-16-14)12-7-3-5-10-4-1-2-6-11(10)12/h1-9H,(H,16,17). The highest BCUT2D eigenvalue weighted by molar-refractivity contribution is 5.95. The fourth-order valence-electron chi connectivity index (χ4n) is 1.94. The molecule has 0 fully saturated rings. The lowest BCUT2D eigenvalue weighted by atomic mass is 10.0. The summed E-state index contributed by atoms with van der Waals surface area (Å²) in [6.07, 6.45) is 0. The maximum atomic E-state index is 11.0. The summed E-state index contributed by atoms with van der Waals surface area (Å²) in [5.41, 5.74) is 1.62. The van der Waals surface area contributed by atoms with E-state index in [0.29, 0.717) is 0 Å². The Balaban J connectivity index is 2.30. The summed E-state index contributed by atoms with van der Waals surface area (Å²) in [5.74, 6) is 0. The summed E-state index contributed by atoms with van der Waals surface area (Å²) >= 11 is 0. The van der Waals surface area contributed by atoms with Gasteiger partial charge < -0.3 is 0 Å². The third-order valence-electron chi connectivity index (χ3n) is 2.74. The maximum Gasteiger partial charge on any atom is 0.264 e.